The molecule has 0 bridgehead atoms. The number of nitrogens with zero attached hydrogens (tertiary/aromatic N) is 2. The molecule has 0 fully saturated rings. The number of hydrogen-bond donors (Lipinski definition) is 1. The number of nitrogens with two attached hydrogens (primary N) is 1. The topological polar surface area (TPSA) is 53.1 Å². The van der Waals surface area contributed by atoms with Crippen molar-refractivity contribution in [1.29, 1.82) is 0 Å². The standard InChI is InChI=1S/C15H21N3O/c1-3-4-15-17-9-10-18(15)14(11-16)12-5-7-13(19-2)8-6-12/h5-10,14H,3-4,11,16H2,1-2H3. The lowest BCUT2D eigenvalue weighted by Crippen LogP contribution is -2.21. The van der Waals surface area contributed by atoms with E-state index in [1.165, 1.54) is 5.56 Å². The van der Waals surface area contributed by atoms with Gasteiger partial charge in [-0.25, -0.2) is 4.98 Å². The minimum absolute atomic E-state index is 0.134. The van der Waals surface area contributed by atoms with Crippen LogP contribution in [0, 0.1) is 0 Å². The van der Waals surface area contributed by atoms with Crippen LogP contribution in [-0.2, 0) is 6.42 Å². The summed E-state index contributed by atoms with van der Waals surface area (Å²) in [4.78, 5) is 4.42. The Morgan fingerprint density at radius 1 is 1.32 bits per heavy atom. The molecule has 0 aliphatic carbocycles. The molecule has 4 heteroatoms. The zero-order valence-electron chi connectivity index (χ0n) is 11.5. The van der Waals surface area contributed by atoms with Crippen LogP contribution >= 0.6 is 0 Å². The van der Waals surface area contributed by atoms with Crippen molar-refractivity contribution in [2.45, 2.75) is 25.8 Å². The van der Waals surface area contributed by atoms with Gasteiger partial charge in [-0.15, -0.1) is 0 Å². The summed E-state index contributed by atoms with van der Waals surface area (Å²) in [5, 5.41) is 0. The van der Waals surface area contributed by atoms with Crippen LogP contribution in [0.4, 0.5) is 0 Å². The SMILES string of the molecule is CCCc1nccn1C(CN)c1ccc(OC)cc1. The molecule has 2 aromatic rings. The maximum atomic E-state index is 5.95. The number of hydrogen-bond acceptors (Lipinski definition) is 3. The highest BCUT2D eigenvalue weighted by molar-refractivity contribution is 5.30. The molecule has 0 radical (unpaired) electrons. The molecule has 0 spiro atoms. The van der Waals surface area contributed by atoms with Gasteiger partial charge in [0.2, 0.25) is 0 Å². The van der Waals surface area contributed by atoms with Gasteiger partial charge < -0.3 is 15.0 Å². The van der Waals surface area contributed by atoms with Gasteiger partial charge in [0.25, 0.3) is 0 Å². The maximum Gasteiger partial charge on any atom is 0.118 e. The quantitative estimate of drug-likeness (QED) is 0.866. The summed E-state index contributed by atoms with van der Waals surface area (Å²) < 4.78 is 7.36. The highest BCUT2D eigenvalue weighted by atomic mass is 16.5. The third-order valence-electron chi connectivity index (χ3n) is 3.28. The largest absolute Gasteiger partial charge is 0.497 e. The lowest BCUT2D eigenvalue weighted by atomic mass is 10.1. The second kappa shape index (κ2) is 6.38. The van der Waals surface area contributed by atoms with Crippen LogP contribution in [-0.4, -0.2) is 23.2 Å². The molecule has 102 valence electrons. The van der Waals surface area contributed by atoms with Crippen LogP contribution in [0.1, 0.15) is 30.8 Å². The second-order valence-electron chi connectivity index (χ2n) is 4.53. The van der Waals surface area contributed by atoms with Crippen molar-refractivity contribution < 1.29 is 4.74 Å². The Labute approximate surface area is 114 Å². The Morgan fingerprint density at radius 2 is 2.05 bits per heavy atom. The fourth-order valence-electron chi connectivity index (χ4n) is 2.28. The van der Waals surface area contributed by atoms with Gasteiger partial charge in [-0.2, -0.15) is 0 Å². The fourth-order valence-corrected chi connectivity index (χ4v) is 2.28. The number of rotatable bonds is 6. The first kappa shape index (κ1) is 13.6. The first-order valence-corrected chi connectivity index (χ1v) is 6.65. The molecule has 19 heavy (non-hydrogen) atoms. The summed E-state index contributed by atoms with van der Waals surface area (Å²) in [5.74, 6) is 1.95. The van der Waals surface area contributed by atoms with Gasteiger partial charge in [0, 0.05) is 25.4 Å². The van der Waals surface area contributed by atoms with Crippen molar-refractivity contribution in [2.24, 2.45) is 5.73 Å². The van der Waals surface area contributed by atoms with Crippen molar-refractivity contribution in [3.8, 4) is 5.75 Å². The third-order valence-corrected chi connectivity index (χ3v) is 3.28. The molecule has 2 N–H and O–H groups in total. The average molecular weight is 259 g/mol. The van der Waals surface area contributed by atoms with E-state index in [9.17, 15) is 0 Å². The summed E-state index contributed by atoms with van der Waals surface area (Å²) in [5.41, 5.74) is 7.13. The van der Waals surface area contributed by atoms with E-state index in [1.54, 1.807) is 7.11 Å². The molecule has 1 aromatic heterocycles. The van der Waals surface area contributed by atoms with Gasteiger partial charge in [-0.1, -0.05) is 19.1 Å². The highest BCUT2D eigenvalue weighted by Crippen LogP contribution is 2.22. The smallest absolute Gasteiger partial charge is 0.118 e. The number of benzene rings is 1. The van der Waals surface area contributed by atoms with Gasteiger partial charge in [0.05, 0.1) is 13.2 Å². The molecular formula is C15H21N3O. The molecule has 0 saturated heterocycles. The van der Waals surface area contributed by atoms with E-state index in [4.69, 9.17) is 10.5 Å². The van der Waals surface area contributed by atoms with E-state index in [-0.39, 0.29) is 6.04 Å². The molecule has 2 rings (SSSR count). The second-order valence-corrected chi connectivity index (χ2v) is 4.53. The summed E-state index contributed by atoms with van der Waals surface area (Å²) in [7, 11) is 1.67. The Kier molecular flexibility index (Phi) is 4.58. The van der Waals surface area contributed by atoms with E-state index in [0.717, 1.165) is 24.4 Å². The number of methoxy groups -OCH3 is 1. The van der Waals surface area contributed by atoms with Crippen LogP contribution in [0.25, 0.3) is 0 Å². The van der Waals surface area contributed by atoms with E-state index >= 15 is 0 Å². The molecule has 1 atom stereocenters. The molecule has 0 amide bonds. The zero-order valence-corrected chi connectivity index (χ0v) is 11.5. The van der Waals surface area contributed by atoms with Crippen LogP contribution < -0.4 is 10.5 Å². The van der Waals surface area contributed by atoms with E-state index < -0.39 is 0 Å². The summed E-state index contributed by atoms with van der Waals surface area (Å²) in [6, 6.07) is 8.19. The predicted octanol–water partition coefficient (Wildman–Crippen LogP) is 2.39. The van der Waals surface area contributed by atoms with Gasteiger partial charge in [-0.05, 0) is 24.1 Å². The molecular weight excluding hydrogens is 238 g/mol. The van der Waals surface area contributed by atoms with Crippen molar-refractivity contribution >= 4 is 0 Å². The van der Waals surface area contributed by atoms with Crippen LogP contribution in [0.3, 0.4) is 0 Å². The summed E-state index contributed by atoms with van der Waals surface area (Å²) in [6.45, 7) is 2.71. The summed E-state index contributed by atoms with van der Waals surface area (Å²) in [6.07, 6.45) is 5.90. The van der Waals surface area contributed by atoms with Gasteiger partial charge in [0.15, 0.2) is 0 Å². The normalized spacial score (nSPS) is 12.4. The molecule has 1 unspecified atom stereocenters. The van der Waals surface area contributed by atoms with Crippen molar-refractivity contribution in [2.75, 3.05) is 13.7 Å². The highest BCUT2D eigenvalue weighted by Gasteiger charge is 2.14. The molecule has 1 aromatic carbocycles. The fraction of sp³-hybridized carbons (Fsp3) is 0.400. The minimum Gasteiger partial charge on any atom is -0.497 e. The first-order valence-electron chi connectivity index (χ1n) is 6.65. The number of aryl methyl sites for hydroxylation is 1. The molecule has 0 aliphatic heterocycles. The Hall–Kier alpha value is -1.81. The molecule has 0 saturated carbocycles. The average Bonchev–Trinajstić information content (AvgIpc) is 2.89. The van der Waals surface area contributed by atoms with Crippen molar-refractivity contribution in [3.63, 3.8) is 0 Å². The zero-order chi connectivity index (χ0) is 13.7. The monoisotopic (exact) mass is 259 g/mol. The Morgan fingerprint density at radius 3 is 2.63 bits per heavy atom. The minimum atomic E-state index is 0.134. The van der Waals surface area contributed by atoms with Gasteiger partial charge in [-0.3, -0.25) is 0 Å². The van der Waals surface area contributed by atoms with Crippen LogP contribution in [0.2, 0.25) is 0 Å². The van der Waals surface area contributed by atoms with Crippen molar-refractivity contribution in [1.82, 2.24) is 9.55 Å². The van der Waals surface area contributed by atoms with Crippen LogP contribution in [0.5, 0.6) is 5.75 Å². The van der Waals surface area contributed by atoms with E-state index in [1.807, 2.05) is 24.5 Å². The molecule has 4 nitrogen and oxygen atoms in total. The van der Waals surface area contributed by atoms with Gasteiger partial charge in [0.1, 0.15) is 11.6 Å². The van der Waals surface area contributed by atoms with E-state index in [0.29, 0.717) is 6.54 Å². The van der Waals surface area contributed by atoms with Crippen molar-refractivity contribution in [3.05, 3.63) is 48.0 Å². The summed E-state index contributed by atoms with van der Waals surface area (Å²) >= 11 is 0. The number of aromatic nitrogens is 2. The number of imidazole rings is 1. The lowest BCUT2D eigenvalue weighted by Gasteiger charge is -2.20. The van der Waals surface area contributed by atoms with E-state index in [2.05, 4.69) is 28.6 Å². The Bertz CT molecular complexity index is 504. The predicted molar refractivity (Wildman–Crippen MR) is 76.4 cm³/mol. The Balaban J connectivity index is 2.29. The van der Waals surface area contributed by atoms with Crippen LogP contribution in [0.15, 0.2) is 36.7 Å². The lowest BCUT2D eigenvalue weighted by molar-refractivity contribution is 0.414. The molecule has 0 aliphatic rings. The first-order chi connectivity index (χ1) is 9.30. The molecule has 1 heterocycles. The van der Waals surface area contributed by atoms with Gasteiger partial charge >= 0.3 is 0 Å². The maximum absolute atomic E-state index is 5.95. The number of ether oxygens (including phenoxy) is 1. The third kappa shape index (κ3) is 2.96.